The molecule has 0 aromatic heterocycles. The minimum Gasteiger partial charge on any atom is -0.339 e. The van der Waals surface area contributed by atoms with Crippen LogP contribution in [0.3, 0.4) is 0 Å². The summed E-state index contributed by atoms with van der Waals surface area (Å²) in [6.45, 7) is 3.72. The van der Waals surface area contributed by atoms with Crippen LogP contribution in [-0.4, -0.2) is 28.7 Å². The van der Waals surface area contributed by atoms with Crippen molar-refractivity contribution in [1.82, 2.24) is 4.90 Å². The van der Waals surface area contributed by atoms with E-state index in [0.29, 0.717) is 4.83 Å². The van der Waals surface area contributed by atoms with Gasteiger partial charge in [-0.25, -0.2) is 0 Å². The van der Waals surface area contributed by atoms with Crippen molar-refractivity contribution >= 4 is 37.8 Å². The van der Waals surface area contributed by atoms with Gasteiger partial charge in [0, 0.05) is 28.0 Å². The van der Waals surface area contributed by atoms with Crippen LogP contribution in [0.4, 0.5) is 0 Å². The summed E-state index contributed by atoms with van der Waals surface area (Å²) in [5.74, 6) is 0.144. The molecule has 92 valence electrons. The zero-order valence-corrected chi connectivity index (χ0v) is 12.9. The average Bonchev–Trinajstić information content (AvgIpc) is 2.33. The number of halogens is 2. The van der Waals surface area contributed by atoms with E-state index in [4.69, 9.17) is 0 Å². The number of carbonyl (C=O) groups is 1. The maximum Gasteiger partial charge on any atom is 0.253 e. The zero-order chi connectivity index (χ0) is 12.4. The summed E-state index contributed by atoms with van der Waals surface area (Å²) in [5, 5.41) is 0. The van der Waals surface area contributed by atoms with E-state index in [1.165, 1.54) is 0 Å². The molecule has 0 atom stereocenters. The Bertz CT molecular complexity index is 425. The molecule has 0 unspecified atom stereocenters. The lowest BCUT2D eigenvalue weighted by molar-refractivity contribution is 0.0728. The van der Waals surface area contributed by atoms with E-state index in [2.05, 4.69) is 31.9 Å². The normalized spacial score (nSPS) is 17.2. The van der Waals surface area contributed by atoms with Crippen molar-refractivity contribution in [2.24, 2.45) is 0 Å². The number of likely N-dealkylation sites (tertiary alicyclic amines) is 1. The lowest BCUT2D eigenvalue weighted by atomic mass is 10.1. The smallest absolute Gasteiger partial charge is 0.253 e. The molecular formula is C13H15Br2NO. The third-order valence-electron chi connectivity index (χ3n) is 3.13. The predicted octanol–water partition coefficient (Wildman–Crippen LogP) is 3.76. The first kappa shape index (κ1) is 13.1. The van der Waals surface area contributed by atoms with E-state index in [1.54, 1.807) is 0 Å². The Morgan fingerprint density at radius 2 is 2.00 bits per heavy atom. The number of hydrogen-bond acceptors (Lipinski definition) is 1. The van der Waals surface area contributed by atoms with Gasteiger partial charge in [0.1, 0.15) is 0 Å². The molecule has 0 radical (unpaired) electrons. The second-order valence-corrected chi connectivity index (χ2v) is 6.58. The van der Waals surface area contributed by atoms with Gasteiger partial charge in [0.15, 0.2) is 0 Å². The molecule has 0 N–H and O–H groups in total. The second-order valence-electron chi connectivity index (χ2n) is 4.43. The van der Waals surface area contributed by atoms with Gasteiger partial charge in [0.25, 0.3) is 5.91 Å². The van der Waals surface area contributed by atoms with Crippen LogP contribution in [0.2, 0.25) is 0 Å². The van der Waals surface area contributed by atoms with Crippen molar-refractivity contribution in [3.8, 4) is 0 Å². The first-order valence-electron chi connectivity index (χ1n) is 5.77. The minimum atomic E-state index is 0.144. The van der Waals surface area contributed by atoms with Gasteiger partial charge in [-0.3, -0.25) is 4.79 Å². The molecule has 2 rings (SSSR count). The molecule has 0 spiro atoms. The number of carbonyl (C=O) groups excluding carboxylic acids is 1. The summed E-state index contributed by atoms with van der Waals surface area (Å²) in [6.07, 6.45) is 2.08. The maximum atomic E-state index is 12.3. The van der Waals surface area contributed by atoms with Crippen LogP contribution >= 0.6 is 31.9 Å². The lowest BCUT2D eigenvalue weighted by Gasteiger charge is -2.29. The van der Waals surface area contributed by atoms with Crippen molar-refractivity contribution in [3.05, 3.63) is 33.8 Å². The number of aryl methyl sites for hydroxylation is 1. The van der Waals surface area contributed by atoms with E-state index in [9.17, 15) is 4.79 Å². The molecule has 1 heterocycles. The molecule has 1 fully saturated rings. The number of alkyl halides is 1. The highest BCUT2D eigenvalue weighted by Crippen LogP contribution is 2.22. The number of piperidine rings is 1. The fourth-order valence-corrected chi connectivity index (χ4v) is 2.75. The highest BCUT2D eigenvalue weighted by atomic mass is 79.9. The first-order valence-corrected chi connectivity index (χ1v) is 7.48. The van der Waals surface area contributed by atoms with Gasteiger partial charge >= 0.3 is 0 Å². The molecule has 0 saturated carbocycles. The molecule has 1 aromatic rings. The van der Waals surface area contributed by atoms with E-state index in [-0.39, 0.29) is 5.91 Å². The van der Waals surface area contributed by atoms with Gasteiger partial charge in [-0.15, -0.1) is 0 Å². The van der Waals surface area contributed by atoms with Gasteiger partial charge in [0.05, 0.1) is 0 Å². The quantitative estimate of drug-likeness (QED) is 0.698. The van der Waals surface area contributed by atoms with Crippen molar-refractivity contribution in [3.63, 3.8) is 0 Å². The fraction of sp³-hybridized carbons (Fsp3) is 0.462. The second kappa shape index (κ2) is 5.53. The highest BCUT2D eigenvalue weighted by Gasteiger charge is 2.22. The number of rotatable bonds is 1. The van der Waals surface area contributed by atoms with E-state index in [1.807, 2.05) is 30.0 Å². The maximum absolute atomic E-state index is 12.3. The molecule has 1 aliphatic rings. The number of nitrogens with zero attached hydrogens (tertiary/aromatic N) is 1. The van der Waals surface area contributed by atoms with Crippen molar-refractivity contribution in [1.29, 1.82) is 0 Å². The molecule has 1 aliphatic heterocycles. The Hall–Kier alpha value is -0.350. The summed E-state index contributed by atoms with van der Waals surface area (Å²) >= 11 is 7.07. The standard InChI is InChI=1S/C13H15Br2NO/c1-9-2-3-10(8-12(9)15)13(17)16-6-4-11(14)5-7-16/h2-3,8,11H,4-7H2,1H3. The largest absolute Gasteiger partial charge is 0.339 e. The Labute approximate surface area is 119 Å². The highest BCUT2D eigenvalue weighted by molar-refractivity contribution is 9.10. The number of benzene rings is 1. The van der Waals surface area contributed by atoms with Gasteiger partial charge in [-0.2, -0.15) is 0 Å². The van der Waals surface area contributed by atoms with Crippen LogP contribution in [0.5, 0.6) is 0 Å². The molecule has 2 nitrogen and oxygen atoms in total. The van der Waals surface area contributed by atoms with Crippen molar-refractivity contribution < 1.29 is 4.79 Å². The van der Waals surface area contributed by atoms with Gasteiger partial charge < -0.3 is 4.90 Å². The van der Waals surface area contributed by atoms with Crippen LogP contribution in [0.15, 0.2) is 22.7 Å². The fourth-order valence-electron chi connectivity index (χ4n) is 1.96. The Morgan fingerprint density at radius 3 is 2.59 bits per heavy atom. The van der Waals surface area contributed by atoms with Crippen molar-refractivity contribution in [2.75, 3.05) is 13.1 Å². The predicted molar refractivity (Wildman–Crippen MR) is 76.7 cm³/mol. The molecule has 4 heteroatoms. The summed E-state index contributed by atoms with van der Waals surface area (Å²) in [7, 11) is 0. The van der Waals surface area contributed by atoms with Crippen LogP contribution in [0, 0.1) is 6.92 Å². The monoisotopic (exact) mass is 359 g/mol. The molecular weight excluding hydrogens is 346 g/mol. The zero-order valence-electron chi connectivity index (χ0n) is 9.75. The van der Waals surface area contributed by atoms with Gasteiger partial charge in [-0.1, -0.05) is 37.9 Å². The van der Waals surface area contributed by atoms with Gasteiger partial charge in [-0.05, 0) is 37.5 Å². The Balaban J connectivity index is 2.11. The summed E-state index contributed by atoms with van der Waals surface area (Å²) < 4.78 is 0.999. The van der Waals surface area contributed by atoms with E-state index < -0.39 is 0 Å². The number of hydrogen-bond donors (Lipinski definition) is 0. The molecule has 1 amide bonds. The molecule has 0 bridgehead atoms. The first-order chi connectivity index (χ1) is 8.08. The van der Waals surface area contributed by atoms with Gasteiger partial charge in [0.2, 0.25) is 0 Å². The molecule has 0 aliphatic carbocycles. The summed E-state index contributed by atoms with van der Waals surface area (Å²) in [6, 6.07) is 5.80. The van der Waals surface area contributed by atoms with Crippen molar-refractivity contribution in [2.45, 2.75) is 24.6 Å². The van der Waals surface area contributed by atoms with Crippen LogP contribution in [-0.2, 0) is 0 Å². The summed E-state index contributed by atoms with van der Waals surface area (Å²) in [5.41, 5.74) is 1.93. The lowest BCUT2D eigenvalue weighted by Crippen LogP contribution is -2.38. The minimum absolute atomic E-state index is 0.144. The summed E-state index contributed by atoms with van der Waals surface area (Å²) in [4.78, 5) is 14.8. The third kappa shape index (κ3) is 3.10. The Morgan fingerprint density at radius 1 is 1.35 bits per heavy atom. The average molecular weight is 361 g/mol. The van der Waals surface area contributed by atoms with E-state index in [0.717, 1.165) is 41.5 Å². The van der Waals surface area contributed by atoms with Crippen LogP contribution in [0.1, 0.15) is 28.8 Å². The SMILES string of the molecule is Cc1ccc(C(=O)N2CCC(Br)CC2)cc1Br. The topological polar surface area (TPSA) is 20.3 Å². The molecule has 1 saturated heterocycles. The third-order valence-corrected chi connectivity index (χ3v) is 4.90. The van der Waals surface area contributed by atoms with E-state index >= 15 is 0 Å². The van der Waals surface area contributed by atoms with Crippen LogP contribution in [0.25, 0.3) is 0 Å². The molecule has 1 aromatic carbocycles. The molecule has 17 heavy (non-hydrogen) atoms. The van der Waals surface area contributed by atoms with Crippen LogP contribution < -0.4 is 0 Å². The Kier molecular flexibility index (Phi) is 4.26. The number of amides is 1.